The van der Waals surface area contributed by atoms with Crippen LogP contribution in [-0.4, -0.2) is 16.3 Å². The Balaban J connectivity index is 1.70. The molecule has 0 saturated carbocycles. The van der Waals surface area contributed by atoms with Gasteiger partial charge in [0, 0.05) is 8.59 Å². The van der Waals surface area contributed by atoms with Gasteiger partial charge in [0.05, 0.1) is 21.6 Å². The molecule has 4 aromatic rings. The largest absolute Gasteiger partial charge is 0.454 e. The fourth-order valence-corrected chi connectivity index (χ4v) is 4.35. The minimum atomic E-state index is -0.210. The van der Waals surface area contributed by atoms with Gasteiger partial charge in [0.25, 0.3) is 5.56 Å². The highest BCUT2D eigenvalue weighted by molar-refractivity contribution is 14.1. The summed E-state index contributed by atoms with van der Waals surface area (Å²) in [7, 11) is 0. The first-order valence-corrected chi connectivity index (χ1v) is 11.1. The van der Waals surface area contributed by atoms with Crippen molar-refractivity contribution in [3.05, 3.63) is 90.0 Å². The maximum absolute atomic E-state index is 13.5. The van der Waals surface area contributed by atoms with Crippen molar-refractivity contribution in [3.8, 4) is 17.2 Å². The molecule has 31 heavy (non-hydrogen) atoms. The van der Waals surface area contributed by atoms with Crippen molar-refractivity contribution >= 4 is 68.8 Å². The Morgan fingerprint density at radius 1 is 0.968 bits per heavy atom. The molecule has 0 saturated heterocycles. The zero-order valence-electron chi connectivity index (χ0n) is 15.8. The first kappa shape index (κ1) is 20.4. The number of hydrogen-bond acceptors (Lipinski definition) is 4. The molecule has 1 aliphatic rings. The lowest BCUT2D eigenvalue weighted by atomic mass is 10.1. The highest BCUT2D eigenvalue weighted by Crippen LogP contribution is 2.33. The van der Waals surface area contributed by atoms with Gasteiger partial charge in [-0.1, -0.05) is 35.3 Å². The van der Waals surface area contributed by atoms with Crippen LogP contribution in [0.2, 0.25) is 10.0 Å². The van der Waals surface area contributed by atoms with Crippen LogP contribution in [0.5, 0.6) is 11.5 Å². The summed E-state index contributed by atoms with van der Waals surface area (Å²) in [5.41, 5.74) is 1.79. The van der Waals surface area contributed by atoms with Gasteiger partial charge in [0.1, 0.15) is 5.82 Å². The van der Waals surface area contributed by atoms with Crippen LogP contribution >= 0.6 is 45.8 Å². The van der Waals surface area contributed by atoms with Gasteiger partial charge in [-0.2, -0.15) is 0 Å². The topological polar surface area (TPSA) is 53.4 Å². The molecule has 0 aliphatic carbocycles. The fourth-order valence-electron chi connectivity index (χ4n) is 3.37. The first-order valence-electron chi connectivity index (χ1n) is 9.25. The zero-order valence-corrected chi connectivity index (χ0v) is 19.5. The monoisotopic (exact) mass is 562 g/mol. The van der Waals surface area contributed by atoms with Crippen LogP contribution in [0.15, 0.2) is 59.4 Å². The predicted octanol–water partition coefficient (Wildman–Crippen LogP) is 6.20. The molecule has 0 atom stereocenters. The van der Waals surface area contributed by atoms with Crippen LogP contribution < -0.4 is 15.0 Å². The molecule has 5 rings (SSSR count). The van der Waals surface area contributed by atoms with E-state index in [2.05, 4.69) is 22.6 Å². The van der Waals surface area contributed by atoms with Crippen LogP contribution in [0.1, 0.15) is 11.4 Å². The number of benzene rings is 3. The summed E-state index contributed by atoms with van der Waals surface area (Å²) in [6.45, 7) is 0.210. The lowest BCUT2D eigenvalue weighted by Gasteiger charge is -2.13. The SMILES string of the molecule is O=c1c2cc(I)ccc2nc(/C=C/c2ccc3c(c2)OCO3)n1-c1ccc(Cl)cc1Cl. The van der Waals surface area contributed by atoms with E-state index in [4.69, 9.17) is 37.7 Å². The van der Waals surface area contributed by atoms with E-state index in [0.29, 0.717) is 44.0 Å². The van der Waals surface area contributed by atoms with Crippen molar-refractivity contribution in [2.45, 2.75) is 0 Å². The molecule has 0 N–H and O–H groups in total. The molecule has 0 unspecified atom stereocenters. The average molecular weight is 563 g/mol. The van der Waals surface area contributed by atoms with Crippen LogP contribution in [0.4, 0.5) is 0 Å². The van der Waals surface area contributed by atoms with Gasteiger partial charge in [-0.05, 0) is 82.8 Å². The van der Waals surface area contributed by atoms with Crippen LogP contribution in [-0.2, 0) is 0 Å². The van der Waals surface area contributed by atoms with E-state index in [1.807, 2.05) is 42.5 Å². The molecule has 8 heteroatoms. The van der Waals surface area contributed by atoms with E-state index in [9.17, 15) is 4.79 Å². The summed E-state index contributed by atoms with van der Waals surface area (Å²) < 4.78 is 13.2. The van der Waals surface area contributed by atoms with Crippen LogP contribution in [0.25, 0.3) is 28.7 Å². The second-order valence-corrected chi connectivity index (χ2v) is 8.90. The number of fused-ring (bicyclic) bond motifs is 2. The van der Waals surface area contributed by atoms with E-state index >= 15 is 0 Å². The smallest absolute Gasteiger partial charge is 0.266 e. The predicted molar refractivity (Wildman–Crippen MR) is 132 cm³/mol. The number of ether oxygens (including phenoxy) is 2. The Morgan fingerprint density at radius 2 is 1.81 bits per heavy atom. The summed E-state index contributed by atoms with van der Waals surface area (Å²) in [6.07, 6.45) is 3.64. The molecule has 1 aliphatic heterocycles. The molecule has 2 heterocycles. The average Bonchev–Trinajstić information content (AvgIpc) is 3.22. The molecule has 154 valence electrons. The third kappa shape index (κ3) is 3.91. The van der Waals surface area contributed by atoms with E-state index in [0.717, 1.165) is 9.13 Å². The summed E-state index contributed by atoms with van der Waals surface area (Å²) in [5, 5.41) is 1.36. The summed E-state index contributed by atoms with van der Waals surface area (Å²) >= 11 is 14.7. The van der Waals surface area contributed by atoms with Gasteiger partial charge < -0.3 is 9.47 Å². The number of aromatic nitrogens is 2. The van der Waals surface area contributed by atoms with E-state index in [-0.39, 0.29) is 12.4 Å². The molecule has 5 nitrogen and oxygen atoms in total. The zero-order chi connectivity index (χ0) is 21.5. The fraction of sp³-hybridized carbons (Fsp3) is 0.0435. The number of hydrogen-bond donors (Lipinski definition) is 0. The highest BCUT2D eigenvalue weighted by atomic mass is 127. The van der Waals surface area contributed by atoms with Crippen molar-refractivity contribution in [2.24, 2.45) is 0 Å². The molecule has 3 aromatic carbocycles. The molecular formula is C23H13Cl2IN2O3. The molecule has 0 fully saturated rings. The van der Waals surface area contributed by atoms with Crippen molar-refractivity contribution in [1.82, 2.24) is 9.55 Å². The van der Waals surface area contributed by atoms with Gasteiger partial charge in [0.15, 0.2) is 11.5 Å². The molecule has 0 spiro atoms. The van der Waals surface area contributed by atoms with Crippen molar-refractivity contribution in [2.75, 3.05) is 6.79 Å². The maximum Gasteiger partial charge on any atom is 0.266 e. The van der Waals surface area contributed by atoms with Gasteiger partial charge in [0.2, 0.25) is 6.79 Å². The quantitative estimate of drug-likeness (QED) is 0.279. The van der Waals surface area contributed by atoms with Crippen molar-refractivity contribution < 1.29 is 9.47 Å². The third-order valence-corrected chi connectivity index (χ3v) is 6.04. The minimum absolute atomic E-state index is 0.210. The summed E-state index contributed by atoms with van der Waals surface area (Å²) in [4.78, 5) is 18.2. The maximum atomic E-state index is 13.5. The van der Waals surface area contributed by atoms with Crippen molar-refractivity contribution in [3.63, 3.8) is 0 Å². The molecule has 1 aromatic heterocycles. The normalized spacial score (nSPS) is 12.7. The Labute approximate surface area is 201 Å². The lowest BCUT2D eigenvalue weighted by molar-refractivity contribution is 0.174. The number of rotatable bonds is 3. The van der Waals surface area contributed by atoms with E-state index < -0.39 is 0 Å². The van der Waals surface area contributed by atoms with Gasteiger partial charge in [-0.25, -0.2) is 4.98 Å². The third-order valence-electron chi connectivity index (χ3n) is 4.83. The number of nitrogens with zero attached hydrogens (tertiary/aromatic N) is 2. The second-order valence-electron chi connectivity index (χ2n) is 6.81. The summed E-state index contributed by atoms with van der Waals surface area (Å²) in [5.74, 6) is 1.84. The summed E-state index contributed by atoms with van der Waals surface area (Å²) in [6, 6.07) is 16.2. The minimum Gasteiger partial charge on any atom is -0.454 e. The van der Waals surface area contributed by atoms with Gasteiger partial charge >= 0.3 is 0 Å². The first-order chi connectivity index (χ1) is 15.0. The molecular weight excluding hydrogens is 550 g/mol. The number of halogens is 3. The molecule has 0 amide bonds. The Kier molecular flexibility index (Phi) is 5.37. The second kappa shape index (κ2) is 8.18. The van der Waals surface area contributed by atoms with E-state index in [1.165, 1.54) is 4.57 Å². The van der Waals surface area contributed by atoms with Gasteiger partial charge in [-0.3, -0.25) is 9.36 Å². The van der Waals surface area contributed by atoms with Crippen molar-refractivity contribution in [1.29, 1.82) is 0 Å². The Morgan fingerprint density at radius 3 is 2.65 bits per heavy atom. The lowest BCUT2D eigenvalue weighted by Crippen LogP contribution is -2.22. The Hall–Kier alpha value is -2.55. The Bertz CT molecular complexity index is 1430. The highest BCUT2D eigenvalue weighted by Gasteiger charge is 2.15. The van der Waals surface area contributed by atoms with Crippen LogP contribution in [0.3, 0.4) is 0 Å². The molecule has 0 bridgehead atoms. The van der Waals surface area contributed by atoms with Crippen LogP contribution in [0, 0.1) is 3.57 Å². The molecule has 0 radical (unpaired) electrons. The standard InChI is InChI=1S/C23H13Cl2IN2O3/c24-14-3-6-19(17(25)10-14)28-22(27-18-5-4-15(26)11-16(18)23(28)29)8-2-13-1-7-20-21(9-13)31-12-30-20/h1-11H,12H2/b8-2+. The van der Waals surface area contributed by atoms with E-state index in [1.54, 1.807) is 24.3 Å². The van der Waals surface area contributed by atoms with Gasteiger partial charge in [-0.15, -0.1) is 0 Å².